The second kappa shape index (κ2) is 6.70. The van der Waals surface area contributed by atoms with E-state index in [1.165, 1.54) is 32.1 Å². The van der Waals surface area contributed by atoms with E-state index >= 15 is 0 Å². The van der Waals surface area contributed by atoms with Gasteiger partial charge in [-0.2, -0.15) is 0 Å². The van der Waals surface area contributed by atoms with Crippen molar-refractivity contribution in [3.63, 3.8) is 0 Å². The Morgan fingerprint density at radius 3 is 2.80 bits per heavy atom. The maximum Gasteiger partial charge on any atom is 0.305 e. The number of fused-ring (bicyclic) bond motifs is 9. The average Bonchev–Trinajstić information content (AvgIpc) is 3.41. The van der Waals surface area contributed by atoms with E-state index in [0.717, 1.165) is 47.8 Å². The van der Waals surface area contributed by atoms with Gasteiger partial charge in [-0.3, -0.25) is 4.79 Å². The van der Waals surface area contributed by atoms with Crippen molar-refractivity contribution in [2.24, 2.45) is 41.4 Å². The van der Waals surface area contributed by atoms with Crippen LogP contribution >= 0.6 is 0 Å². The fraction of sp³-hybridized carbons (Fsp3) is 0.857. The molecule has 0 spiro atoms. The fourth-order valence-corrected chi connectivity index (χ4v) is 6.89. The summed E-state index contributed by atoms with van der Waals surface area (Å²) in [5.74, 6) is 6.73. The molecule has 5 rings (SSSR count). The van der Waals surface area contributed by atoms with Crippen molar-refractivity contribution in [2.45, 2.75) is 51.0 Å². The van der Waals surface area contributed by atoms with Gasteiger partial charge in [-0.05, 0) is 67.1 Å². The van der Waals surface area contributed by atoms with Crippen molar-refractivity contribution in [2.75, 3.05) is 20.0 Å². The Bertz CT molecular complexity index is 538. The summed E-state index contributed by atoms with van der Waals surface area (Å²) in [6, 6.07) is 0. The molecule has 0 amide bonds. The lowest BCUT2D eigenvalue weighted by atomic mass is 9.68. The van der Waals surface area contributed by atoms with E-state index in [9.17, 15) is 4.79 Å². The monoisotopic (exact) mass is 346 g/mol. The predicted octanol–water partition coefficient (Wildman–Crippen LogP) is 3.56. The van der Waals surface area contributed by atoms with Gasteiger partial charge in [0.05, 0.1) is 6.61 Å². The molecule has 138 valence electrons. The van der Waals surface area contributed by atoms with Crippen LogP contribution in [0.2, 0.25) is 0 Å². The highest BCUT2D eigenvalue weighted by Crippen LogP contribution is 2.67. The first-order chi connectivity index (χ1) is 12.3. The molecule has 4 aliphatic carbocycles. The molecular formula is C21H30O4. The zero-order chi connectivity index (χ0) is 16.8. The number of allylic oxidation sites excluding steroid dienone is 2. The molecule has 5 aliphatic rings. The van der Waals surface area contributed by atoms with Gasteiger partial charge >= 0.3 is 5.97 Å². The summed E-state index contributed by atoms with van der Waals surface area (Å²) in [6.07, 6.45) is 13.4. The Kier molecular flexibility index (Phi) is 4.37. The number of carbonyl (C=O) groups excluding carboxylic acids is 1. The number of rotatable bonds is 7. The van der Waals surface area contributed by atoms with Crippen molar-refractivity contribution in [1.29, 1.82) is 0 Å². The zero-order valence-electron chi connectivity index (χ0n) is 15.0. The predicted molar refractivity (Wildman–Crippen MR) is 92.5 cm³/mol. The Morgan fingerprint density at radius 2 is 1.96 bits per heavy atom. The van der Waals surface area contributed by atoms with Crippen molar-refractivity contribution in [3.05, 3.63) is 12.2 Å². The fourth-order valence-electron chi connectivity index (χ4n) is 6.89. The second-order valence-electron chi connectivity index (χ2n) is 8.96. The van der Waals surface area contributed by atoms with Crippen LogP contribution in [-0.4, -0.2) is 32.1 Å². The number of unbranched alkanes of at least 4 members (excludes halogenated alkanes) is 1. The summed E-state index contributed by atoms with van der Waals surface area (Å²) in [4.78, 5) is 11.8. The van der Waals surface area contributed by atoms with E-state index in [2.05, 4.69) is 12.2 Å². The third-order valence-electron chi connectivity index (χ3n) is 7.73. The molecule has 4 heteroatoms. The Balaban J connectivity index is 1.02. The maximum atomic E-state index is 11.8. The van der Waals surface area contributed by atoms with Crippen molar-refractivity contribution in [1.82, 2.24) is 0 Å². The molecule has 0 aromatic rings. The van der Waals surface area contributed by atoms with E-state index < -0.39 is 0 Å². The molecule has 8 atom stereocenters. The van der Waals surface area contributed by atoms with Gasteiger partial charge in [0.2, 0.25) is 0 Å². The van der Waals surface area contributed by atoms with Crippen LogP contribution in [0.5, 0.6) is 0 Å². The average molecular weight is 346 g/mol. The van der Waals surface area contributed by atoms with Crippen LogP contribution in [0.15, 0.2) is 12.2 Å². The van der Waals surface area contributed by atoms with Crippen LogP contribution in [0, 0.1) is 41.4 Å². The maximum absolute atomic E-state index is 11.8. The quantitative estimate of drug-likeness (QED) is 0.306. The molecule has 1 heterocycles. The summed E-state index contributed by atoms with van der Waals surface area (Å²) < 4.78 is 15.7. The Morgan fingerprint density at radius 1 is 1.08 bits per heavy atom. The van der Waals surface area contributed by atoms with Crippen LogP contribution in [0.4, 0.5) is 0 Å². The minimum atomic E-state index is -0.0817. The molecule has 0 aromatic heterocycles. The molecule has 1 saturated heterocycles. The molecule has 3 saturated carbocycles. The van der Waals surface area contributed by atoms with Gasteiger partial charge in [0.25, 0.3) is 0 Å². The van der Waals surface area contributed by atoms with E-state index in [1.54, 1.807) is 0 Å². The largest absolute Gasteiger partial charge is 0.463 e. The van der Waals surface area contributed by atoms with Gasteiger partial charge in [0.1, 0.15) is 19.5 Å². The van der Waals surface area contributed by atoms with Gasteiger partial charge < -0.3 is 14.2 Å². The van der Waals surface area contributed by atoms with Crippen molar-refractivity contribution >= 4 is 5.97 Å². The number of hydrogen-bond acceptors (Lipinski definition) is 4. The number of ether oxygens (including phenoxy) is 3. The Hall–Kier alpha value is -0.870. The summed E-state index contributed by atoms with van der Waals surface area (Å²) in [5, 5.41) is 0. The Labute approximate surface area is 150 Å². The highest BCUT2D eigenvalue weighted by molar-refractivity contribution is 5.69. The van der Waals surface area contributed by atoms with E-state index in [4.69, 9.17) is 14.2 Å². The van der Waals surface area contributed by atoms with Crippen LogP contribution in [0.3, 0.4) is 0 Å². The first kappa shape index (κ1) is 16.3. The van der Waals surface area contributed by atoms with E-state index in [1.807, 2.05) is 0 Å². The highest BCUT2D eigenvalue weighted by atomic mass is 16.7. The highest BCUT2D eigenvalue weighted by Gasteiger charge is 2.60. The van der Waals surface area contributed by atoms with Gasteiger partial charge in [-0.1, -0.05) is 25.0 Å². The van der Waals surface area contributed by atoms with Crippen molar-refractivity contribution < 1.29 is 19.0 Å². The van der Waals surface area contributed by atoms with Gasteiger partial charge in [-0.25, -0.2) is 0 Å². The normalized spacial score (nSPS) is 46.1. The molecule has 4 bridgehead atoms. The van der Waals surface area contributed by atoms with E-state index in [0.29, 0.717) is 26.4 Å². The lowest BCUT2D eigenvalue weighted by molar-refractivity contribution is -0.146. The minimum absolute atomic E-state index is 0.0678. The molecule has 25 heavy (non-hydrogen) atoms. The SMILES string of the molecule is O=C(CCCCC1CC2CC1C1C3C=CC(C3)C21)OCC1COCO1. The smallest absolute Gasteiger partial charge is 0.305 e. The topological polar surface area (TPSA) is 44.8 Å². The standard InChI is InChI=1S/C21H30O4/c22-19(24-11-17-10-23-12-25-17)4-2-1-3-13-7-16-9-18(13)21-15-6-5-14(8-15)20(16)21/h5-6,13-18,20-21H,1-4,7-12H2. The van der Waals surface area contributed by atoms with Gasteiger partial charge in [-0.15, -0.1) is 0 Å². The van der Waals surface area contributed by atoms with Crippen molar-refractivity contribution in [3.8, 4) is 0 Å². The zero-order valence-corrected chi connectivity index (χ0v) is 15.0. The summed E-state index contributed by atoms with van der Waals surface area (Å²) in [7, 11) is 0. The molecule has 8 unspecified atom stereocenters. The van der Waals surface area contributed by atoms with E-state index in [-0.39, 0.29) is 12.1 Å². The summed E-state index contributed by atoms with van der Waals surface area (Å²) in [5.41, 5.74) is 0. The summed E-state index contributed by atoms with van der Waals surface area (Å²) in [6.45, 7) is 1.20. The molecule has 4 nitrogen and oxygen atoms in total. The van der Waals surface area contributed by atoms with Gasteiger partial charge in [0.15, 0.2) is 0 Å². The molecule has 0 aromatic carbocycles. The van der Waals surface area contributed by atoms with Crippen LogP contribution in [0.1, 0.15) is 44.9 Å². The molecule has 0 N–H and O–H groups in total. The first-order valence-electron chi connectivity index (χ1n) is 10.3. The van der Waals surface area contributed by atoms with Crippen LogP contribution in [-0.2, 0) is 19.0 Å². The molecular weight excluding hydrogens is 316 g/mol. The summed E-state index contributed by atoms with van der Waals surface area (Å²) >= 11 is 0. The number of carbonyl (C=O) groups is 1. The number of hydrogen-bond donors (Lipinski definition) is 0. The second-order valence-corrected chi connectivity index (χ2v) is 8.96. The third-order valence-corrected chi connectivity index (χ3v) is 7.73. The van der Waals surface area contributed by atoms with Crippen LogP contribution < -0.4 is 0 Å². The van der Waals surface area contributed by atoms with Gasteiger partial charge in [0, 0.05) is 6.42 Å². The third kappa shape index (κ3) is 2.95. The van der Waals surface area contributed by atoms with Crippen LogP contribution in [0.25, 0.3) is 0 Å². The molecule has 1 aliphatic heterocycles. The minimum Gasteiger partial charge on any atom is -0.463 e. The number of esters is 1. The molecule has 4 fully saturated rings. The lowest BCUT2D eigenvalue weighted by Gasteiger charge is -2.36. The first-order valence-corrected chi connectivity index (χ1v) is 10.3. The lowest BCUT2D eigenvalue weighted by Crippen LogP contribution is -2.30. The molecule has 0 radical (unpaired) electrons.